The van der Waals surface area contributed by atoms with Crippen LogP contribution in [0.25, 0.3) is 0 Å². The highest BCUT2D eigenvalue weighted by atomic mass is 79.9. The standard InChI is InChI=1S/C13H10BrClN2O2S/c14-13-4-2-1-3-10(13)9-16-17-20(18,19)12-7-5-11(15)6-8-12/h1-9,17H/b16-9-. The molecule has 0 aliphatic rings. The monoisotopic (exact) mass is 372 g/mol. The highest BCUT2D eigenvalue weighted by Gasteiger charge is 2.11. The van der Waals surface area contributed by atoms with Crippen LogP contribution >= 0.6 is 27.5 Å². The Morgan fingerprint density at radius 3 is 2.40 bits per heavy atom. The minimum absolute atomic E-state index is 0.103. The van der Waals surface area contributed by atoms with Crippen molar-refractivity contribution in [2.24, 2.45) is 5.10 Å². The summed E-state index contributed by atoms with van der Waals surface area (Å²) in [5, 5.41) is 4.22. The van der Waals surface area contributed by atoms with Gasteiger partial charge < -0.3 is 0 Å². The molecule has 0 spiro atoms. The van der Waals surface area contributed by atoms with E-state index in [0.717, 1.165) is 10.0 Å². The minimum atomic E-state index is -3.68. The average molecular weight is 374 g/mol. The predicted molar refractivity (Wildman–Crippen MR) is 83.5 cm³/mol. The van der Waals surface area contributed by atoms with Crippen molar-refractivity contribution >= 4 is 43.8 Å². The SMILES string of the molecule is O=S(=O)(N/N=C\c1ccccc1Br)c1ccc(Cl)cc1. The topological polar surface area (TPSA) is 58.5 Å². The Morgan fingerprint density at radius 2 is 1.75 bits per heavy atom. The van der Waals surface area contributed by atoms with Crippen LogP contribution in [0.1, 0.15) is 5.56 Å². The summed E-state index contributed by atoms with van der Waals surface area (Å²) in [6.45, 7) is 0. The number of hydrogen-bond donors (Lipinski definition) is 1. The van der Waals surface area contributed by atoms with Crippen LogP contribution in [0, 0.1) is 0 Å². The van der Waals surface area contributed by atoms with E-state index >= 15 is 0 Å². The van der Waals surface area contributed by atoms with E-state index in [-0.39, 0.29) is 4.90 Å². The first kappa shape index (κ1) is 15.0. The number of nitrogens with zero attached hydrogens (tertiary/aromatic N) is 1. The molecular formula is C13H10BrClN2O2S. The molecule has 0 bridgehead atoms. The molecule has 4 nitrogen and oxygen atoms in total. The first-order chi connectivity index (χ1) is 9.49. The zero-order chi connectivity index (χ0) is 14.6. The predicted octanol–water partition coefficient (Wildman–Crippen LogP) is 3.41. The lowest BCUT2D eigenvalue weighted by molar-refractivity contribution is 0.584. The van der Waals surface area contributed by atoms with Crippen LogP contribution in [-0.2, 0) is 10.0 Å². The summed E-state index contributed by atoms with van der Waals surface area (Å²) < 4.78 is 24.7. The fourth-order valence-electron chi connectivity index (χ4n) is 1.41. The van der Waals surface area contributed by atoms with Gasteiger partial charge in [0.2, 0.25) is 0 Å². The number of sulfonamides is 1. The molecule has 0 atom stereocenters. The van der Waals surface area contributed by atoms with Gasteiger partial charge in [0.25, 0.3) is 10.0 Å². The van der Waals surface area contributed by atoms with Crippen molar-refractivity contribution in [3.8, 4) is 0 Å². The molecule has 0 radical (unpaired) electrons. The Hall–Kier alpha value is -1.37. The van der Waals surface area contributed by atoms with Gasteiger partial charge >= 0.3 is 0 Å². The number of benzene rings is 2. The third kappa shape index (κ3) is 3.82. The van der Waals surface area contributed by atoms with Gasteiger partial charge in [-0.05, 0) is 30.3 Å². The molecule has 2 aromatic rings. The van der Waals surface area contributed by atoms with Crippen molar-refractivity contribution in [1.82, 2.24) is 4.83 Å². The Morgan fingerprint density at radius 1 is 1.10 bits per heavy atom. The lowest BCUT2D eigenvalue weighted by atomic mass is 10.2. The van der Waals surface area contributed by atoms with Crippen molar-refractivity contribution in [2.45, 2.75) is 4.90 Å². The summed E-state index contributed by atoms with van der Waals surface area (Å²) in [5.41, 5.74) is 0.770. The Balaban J connectivity index is 2.14. The molecule has 0 aromatic heterocycles. The van der Waals surface area contributed by atoms with Crippen molar-refractivity contribution in [2.75, 3.05) is 0 Å². The second kappa shape index (κ2) is 6.39. The highest BCUT2D eigenvalue weighted by molar-refractivity contribution is 9.10. The first-order valence-corrected chi connectivity index (χ1v) is 8.19. The number of rotatable bonds is 4. The van der Waals surface area contributed by atoms with E-state index in [9.17, 15) is 8.42 Å². The van der Waals surface area contributed by atoms with Crippen molar-refractivity contribution in [1.29, 1.82) is 0 Å². The van der Waals surface area contributed by atoms with Gasteiger partial charge in [-0.2, -0.15) is 13.5 Å². The fraction of sp³-hybridized carbons (Fsp3) is 0. The van der Waals surface area contributed by atoms with Gasteiger partial charge in [-0.3, -0.25) is 0 Å². The van der Waals surface area contributed by atoms with E-state index < -0.39 is 10.0 Å². The van der Waals surface area contributed by atoms with E-state index in [4.69, 9.17) is 11.6 Å². The van der Waals surface area contributed by atoms with Gasteiger partial charge in [0.15, 0.2) is 0 Å². The number of halogens is 2. The van der Waals surface area contributed by atoms with Gasteiger partial charge in [-0.1, -0.05) is 45.7 Å². The Labute approximate surface area is 130 Å². The van der Waals surface area contributed by atoms with E-state index in [1.165, 1.54) is 30.5 Å². The summed E-state index contributed by atoms with van der Waals surface area (Å²) in [7, 11) is -3.68. The van der Waals surface area contributed by atoms with Crippen LogP contribution in [0.15, 0.2) is 63.0 Å². The van der Waals surface area contributed by atoms with Crippen molar-refractivity contribution in [3.63, 3.8) is 0 Å². The maximum atomic E-state index is 11.9. The normalized spacial score (nSPS) is 11.7. The summed E-state index contributed by atoms with van der Waals surface area (Å²) in [6.07, 6.45) is 1.43. The summed E-state index contributed by atoms with van der Waals surface area (Å²) >= 11 is 9.06. The number of hydrazone groups is 1. The van der Waals surface area contributed by atoms with E-state index in [1.807, 2.05) is 24.3 Å². The molecule has 0 unspecified atom stereocenters. The zero-order valence-electron chi connectivity index (χ0n) is 10.1. The van der Waals surface area contributed by atoms with Gasteiger partial charge in [0.1, 0.15) is 0 Å². The summed E-state index contributed by atoms with van der Waals surface area (Å²) in [4.78, 5) is 2.25. The smallest absolute Gasteiger partial charge is 0.200 e. The Kier molecular flexibility index (Phi) is 4.80. The molecular weight excluding hydrogens is 364 g/mol. The molecule has 0 heterocycles. The van der Waals surface area contributed by atoms with Crippen LogP contribution < -0.4 is 4.83 Å². The molecule has 1 N–H and O–H groups in total. The van der Waals surface area contributed by atoms with Gasteiger partial charge in [0.05, 0.1) is 11.1 Å². The second-order valence-corrected chi connectivity index (χ2v) is 6.78. The van der Waals surface area contributed by atoms with Crippen molar-refractivity contribution < 1.29 is 8.42 Å². The molecule has 104 valence electrons. The largest absolute Gasteiger partial charge is 0.276 e. The Bertz CT molecular complexity index is 730. The van der Waals surface area contributed by atoms with E-state index in [2.05, 4.69) is 25.9 Å². The van der Waals surface area contributed by atoms with Gasteiger partial charge in [-0.15, -0.1) is 0 Å². The lowest BCUT2D eigenvalue weighted by Crippen LogP contribution is -2.18. The first-order valence-electron chi connectivity index (χ1n) is 5.54. The molecule has 20 heavy (non-hydrogen) atoms. The van der Waals surface area contributed by atoms with Gasteiger partial charge in [-0.25, -0.2) is 4.83 Å². The third-order valence-electron chi connectivity index (χ3n) is 2.41. The molecule has 0 saturated carbocycles. The average Bonchev–Trinajstić information content (AvgIpc) is 2.41. The molecule has 0 fully saturated rings. The molecule has 0 saturated heterocycles. The van der Waals surface area contributed by atoms with Crippen LogP contribution in [0.3, 0.4) is 0 Å². The quantitative estimate of drug-likeness (QED) is 0.659. The van der Waals surface area contributed by atoms with Crippen LogP contribution in [0.4, 0.5) is 0 Å². The second-order valence-electron chi connectivity index (χ2n) is 3.83. The molecule has 0 aliphatic carbocycles. The molecule has 2 rings (SSSR count). The number of nitrogens with one attached hydrogen (secondary N) is 1. The summed E-state index contributed by atoms with van der Waals surface area (Å²) in [6, 6.07) is 13.2. The summed E-state index contributed by atoms with van der Waals surface area (Å²) in [5.74, 6) is 0. The minimum Gasteiger partial charge on any atom is -0.200 e. The van der Waals surface area contributed by atoms with Crippen LogP contribution in [0.5, 0.6) is 0 Å². The van der Waals surface area contributed by atoms with E-state index in [0.29, 0.717) is 5.02 Å². The maximum absolute atomic E-state index is 11.9. The van der Waals surface area contributed by atoms with Crippen molar-refractivity contribution in [3.05, 3.63) is 63.6 Å². The highest BCUT2D eigenvalue weighted by Crippen LogP contribution is 2.15. The zero-order valence-corrected chi connectivity index (χ0v) is 13.3. The van der Waals surface area contributed by atoms with Crippen LogP contribution in [0.2, 0.25) is 5.02 Å². The van der Waals surface area contributed by atoms with Crippen LogP contribution in [-0.4, -0.2) is 14.6 Å². The maximum Gasteiger partial charge on any atom is 0.276 e. The third-order valence-corrected chi connectivity index (χ3v) is 4.62. The molecule has 2 aromatic carbocycles. The lowest BCUT2D eigenvalue weighted by Gasteiger charge is -2.03. The molecule has 0 aliphatic heterocycles. The van der Waals surface area contributed by atoms with Gasteiger partial charge in [0, 0.05) is 15.1 Å². The fourth-order valence-corrected chi connectivity index (χ4v) is 2.72. The molecule has 7 heteroatoms. The molecule has 0 amide bonds. The van der Waals surface area contributed by atoms with E-state index in [1.54, 1.807) is 0 Å². The number of hydrogen-bond acceptors (Lipinski definition) is 3.